The largest absolute Gasteiger partial charge is 0.338 e. The van der Waals surface area contributed by atoms with E-state index in [1.165, 1.54) is 11.1 Å². The first-order valence-corrected chi connectivity index (χ1v) is 5.99. The zero-order valence-corrected chi connectivity index (χ0v) is 10.5. The summed E-state index contributed by atoms with van der Waals surface area (Å²) in [5.41, 5.74) is 2.71. The van der Waals surface area contributed by atoms with Gasteiger partial charge in [-0.05, 0) is 18.1 Å². The Morgan fingerprint density at radius 3 is 2.82 bits per heavy atom. The van der Waals surface area contributed by atoms with E-state index in [4.69, 9.17) is 0 Å². The zero-order valence-electron chi connectivity index (χ0n) is 10.5. The lowest BCUT2D eigenvalue weighted by Crippen LogP contribution is -2.18. The molecule has 1 heterocycles. The van der Waals surface area contributed by atoms with E-state index in [0.717, 1.165) is 25.3 Å². The minimum atomic E-state index is 0.928. The van der Waals surface area contributed by atoms with E-state index in [2.05, 4.69) is 46.1 Å². The minimum absolute atomic E-state index is 0.928. The lowest BCUT2D eigenvalue weighted by molar-refractivity contribution is 0.653. The average Bonchev–Trinajstić information content (AvgIpc) is 2.73. The maximum absolute atomic E-state index is 4.30. The quantitative estimate of drug-likeness (QED) is 0.795. The monoisotopic (exact) mass is 229 g/mol. The Balaban J connectivity index is 1.77. The Labute approximate surface area is 103 Å². The summed E-state index contributed by atoms with van der Waals surface area (Å²) in [6, 6.07) is 8.48. The minimum Gasteiger partial charge on any atom is -0.338 e. The Hall–Kier alpha value is -1.61. The second-order valence-electron chi connectivity index (χ2n) is 4.31. The van der Waals surface area contributed by atoms with Crippen LogP contribution in [0.4, 0.5) is 0 Å². The number of rotatable bonds is 5. The molecule has 17 heavy (non-hydrogen) atoms. The van der Waals surface area contributed by atoms with Gasteiger partial charge in [0.05, 0.1) is 0 Å². The third-order valence-corrected chi connectivity index (χ3v) is 3.02. The number of hydrogen-bond acceptors (Lipinski definition) is 2. The maximum Gasteiger partial charge on any atom is 0.109 e. The molecule has 0 aliphatic heterocycles. The molecule has 1 aromatic heterocycles. The van der Waals surface area contributed by atoms with Gasteiger partial charge in [-0.25, -0.2) is 4.98 Å². The summed E-state index contributed by atoms with van der Waals surface area (Å²) in [6.07, 6.45) is 4.79. The topological polar surface area (TPSA) is 29.9 Å². The van der Waals surface area contributed by atoms with Crippen LogP contribution in [0.3, 0.4) is 0 Å². The van der Waals surface area contributed by atoms with E-state index in [0.29, 0.717) is 0 Å². The molecular weight excluding hydrogens is 210 g/mol. The number of aryl methyl sites for hydroxylation is 2. The van der Waals surface area contributed by atoms with Crippen molar-refractivity contribution in [3.8, 4) is 0 Å². The molecule has 0 bridgehead atoms. The Kier molecular flexibility index (Phi) is 3.94. The second kappa shape index (κ2) is 5.64. The summed E-state index contributed by atoms with van der Waals surface area (Å²) >= 11 is 0. The van der Waals surface area contributed by atoms with Gasteiger partial charge in [0, 0.05) is 39.0 Å². The molecule has 0 fully saturated rings. The molecule has 0 aliphatic carbocycles. The number of nitrogens with one attached hydrogen (secondary N) is 1. The summed E-state index contributed by atoms with van der Waals surface area (Å²) in [4.78, 5) is 4.30. The summed E-state index contributed by atoms with van der Waals surface area (Å²) in [5, 5.41) is 3.45. The predicted octanol–water partition coefficient (Wildman–Crippen LogP) is 2.06. The van der Waals surface area contributed by atoms with Gasteiger partial charge in [0.15, 0.2) is 0 Å². The fourth-order valence-corrected chi connectivity index (χ4v) is 1.87. The van der Waals surface area contributed by atoms with Crippen LogP contribution in [-0.2, 0) is 20.0 Å². The molecule has 3 nitrogen and oxygen atoms in total. The highest BCUT2D eigenvalue weighted by atomic mass is 15.0. The average molecular weight is 229 g/mol. The van der Waals surface area contributed by atoms with E-state index < -0.39 is 0 Å². The number of imidazole rings is 1. The summed E-state index contributed by atoms with van der Waals surface area (Å²) in [6.45, 7) is 4.03. The third kappa shape index (κ3) is 3.17. The molecule has 0 radical (unpaired) electrons. The Morgan fingerprint density at radius 2 is 2.12 bits per heavy atom. The van der Waals surface area contributed by atoms with Crippen LogP contribution in [0, 0.1) is 6.92 Å². The van der Waals surface area contributed by atoms with Crippen LogP contribution in [0.1, 0.15) is 17.0 Å². The van der Waals surface area contributed by atoms with Crippen LogP contribution >= 0.6 is 0 Å². The summed E-state index contributed by atoms with van der Waals surface area (Å²) in [5.74, 6) is 1.13. The predicted molar refractivity (Wildman–Crippen MR) is 69.8 cm³/mol. The molecule has 0 aliphatic rings. The van der Waals surface area contributed by atoms with Gasteiger partial charge in [-0.3, -0.25) is 0 Å². The van der Waals surface area contributed by atoms with Crippen molar-refractivity contribution in [3.63, 3.8) is 0 Å². The van der Waals surface area contributed by atoms with Gasteiger partial charge in [-0.1, -0.05) is 24.3 Å². The highest BCUT2D eigenvalue weighted by Gasteiger charge is 1.99. The SMILES string of the molecule is Cc1ccccc1CNCCc1nccn1C. The lowest BCUT2D eigenvalue weighted by atomic mass is 10.1. The summed E-state index contributed by atoms with van der Waals surface area (Å²) in [7, 11) is 2.03. The van der Waals surface area contributed by atoms with Crippen molar-refractivity contribution >= 4 is 0 Å². The van der Waals surface area contributed by atoms with Crippen molar-refractivity contribution in [2.45, 2.75) is 19.9 Å². The van der Waals surface area contributed by atoms with Crippen LogP contribution in [0.15, 0.2) is 36.7 Å². The van der Waals surface area contributed by atoms with Crippen molar-refractivity contribution in [2.24, 2.45) is 7.05 Å². The van der Waals surface area contributed by atoms with Crippen molar-refractivity contribution in [2.75, 3.05) is 6.54 Å². The molecule has 1 N–H and O–H groups in total. The van der Waals surface area contributed by atoms with E-state index in [1.807, 2.05) is 19.4 Å². The number of benzene rings is 1. The smallest absolute Gasteiger partial charge is 0.109 e. The fraction of sp³-hybridized carbons (Fsp3) is 0.357. The van der Waals surface area contributed by atoms with Gasteiger partial charge in [0.1, 0.15) is 5.82 Å². The molecule has 0 amide bonds. The molecule has 0 spiro atoms. The van der Waals surface area contributed by atoms with Gasteiger partial charge in [-0.2, -0.15) is 0 Å². The first-order valence-electron chi connectivity index (χ1n) is 5.99. The van der Waals surface area contributed by atoms with Gasteiger partial charge < -0.3 is 9.88 Å². The van der Waals surface area contributed by atoms with Crippen LogP contribution in [0.25, 0.3) is 0 Å². The summed E-state index contributed by atoms with van der Waals surface area (Å²) < 4.78 is 2.06. The van der Waals surface area contributed by atoms with Crippen LogP contribution < -0.4 is 5.32 Å². The number of nitrogens with zero attached hydrogens (tertiary/aromatic N) is 2. The lowest BCUT2D eigenvalue weighted by Gasteiger charge is -2.07. The van der Waals surface area contributed by atoms with Crippen LogP contribution in [0.2, 0.25) is 0 Å². The molecule has 2 aromatic rings. The molecule has 1 aromatic carbocycles. The molecular formula is C14H19N3. The highest BCUT2D eigenvalue weighted by molar-refractivity contribution is 5.25. The molecule has 2 rings (SSSR count). The first-order chi connectivity index (χ1) is 8.27. The van der Waals surface area contributed by atoms with E-state index >= 15 is 0 Å². The Morgan fingerprint density at radius 1 is 1.29 bits per heavy atom. The van der Waals surface area contributed by atoms with Crippen LogP contribution in [0.5, 0.6) is 0 Å². The second-order valence-corrected chi connectivity index (χ2v) is 4.31. The van der Waals surface area contributed by atoms with Gasteiger partial charge in [0.2, 0.25) is 0 Å². The normalized spacial score (nSPS) is 10.7. The van der Waals surface area contributed by atoms with Crippen LogP contribution in [-0.4, -0.2) is 16.1 Å². The fourth-order valence-electron chi connectivity index (χ4n) is 1.87. The Bertz CT molecular complexity index is 474. The molecule has 0 saturated heterocycles. The van der Waals surface area contributed by atoms with Crippen molar-refractivity contribution < 1.29 is 0 Å². The van der Waals surface area contributed by atoms with Crippen molar-refractivity contribution in [1.29, 1.82) is 0 Å². The van der Waals surface area contributed by atoms with E-state index in [-0.39, 0.29) is 0 Å². The maximum atomic E-state index is 4.30. The first kappa shape index (κ1) is 11.9. The van der Waals surface area contributed by atoms with Gasteiger partial charge >= 0.3 is 0 Å². The van der Waals surface area contributed by atoms with Crippen molar-refractivity contribution in [3.05, 3.63) is 53.6 Å². The number of hydrogen-bond donors (Lipinski definition) is 1. The molecule has 0 atom stereocenters. The zero-order chi connectivity index (χ0) is 12.1. The van der Waals surface area contributed by atoms with Gasteiger partial charge in [0.25, 0.3) is 0 Å². The molecule has 90 valence electrons. The highest BCUT2D eigenvalue weighted by Crippen LogP contribution is 2.06. The standard InChI is InChI=1S/C14H19N3/c1-12-5-3-4-6-13(12)11-15-8-7-14-16-9-10-17(14)2/h3-6,9-10,15H,7-8,11H2,1-2H3. The third-order valence-electron chi connectivity index (χ3n) is 3.02. The van der Waals surface area contributed by atoms with Crippen molar-refractivity contribution in [1.82, 2.24) is 14.9 Å². The molecule has 0 unspecified atom stereocenters. The van der Waals surface area contributed by atoms with Gasteiger partial charge in [-0.15, -0.1) is 0 Å². The number of aromatic nitrogens is 2. The van der Waals surface area contributed by atoms with E-state index in [1.54, 1.807) is 0 Å². The molecule has 0 saturated carbocycles. The van der Waals surface area contributed by atoms with E-state index in [9.17, 15) is 0 Å². The molecule has 3 heteroatoms.